The number of thioether (sulfide) groups is 1. The summed E-state index contributed by atoms with van der Waals surface area (Å²) in [5.41, 5.74) is 0. The molecule has 0 fully saturated rings. The average Bonchev–Trinajstić information content (AvgIpc) is 2.92. The molecular formula is C11H13N5O2S. The molecule has 2 rings (SSSR count). The number of benzene rings is 1. The fourth-order valence-corrected chi connectivity index (χ4v) is 2.21. The molecule has 1 atom stereocenters. The predicted molar refractivity (Wildman–Crippen MR) is 71.1 cm³/mol. The van der Waals surface area contributed by atoms with Crippen LogP contribution < -0.4 is 10.1 Å². The van der Waals surface area contributed by atoms with Gasteiger partial charge in [-0.25, -0.2) is 0 Å². The number of amides is 1. The summed E-state index contributed by atoms with van der Waals surface area (Å²) in [4.78, 5) is 12.8. The summed E-state index contributed by atoms with van der Waals surface area (Å²) in [6, 6.07) is 7.52. The molecule has 1 aromatic carbocycles. The standard InChI is InChI=1S/C11H13N5O2S/c1-7(10(17)12-11-13-15-16-14-11)19-9-5-3-8(18-2)4-6-9/h3-7H,1-2H3,(H2,12,13,14,15,16,17). The second-order valence-electron chi connectivity index (χ2n) is 3.66. The molecule has 100 valence electrons. The first-order valence-corrected chi connectivity index (χ1v) is 6.42. The quantitative estimate of drug-likeness (QED) is 0.802. The van der Waals surface area contributed by atoms with Crippen molar-refractivity contribution in [2.45, 2.75) is 17.1 Å². The molecular weight excluding hydrogens is 266 g/mol. The lowest BCUT2D eigenvalue weighted by Gasteiger charge is -2.10. The zero-order valence-corrected chi connectivity index (χ0v) is 11.3. The Kier molecular flexibility index (Phi) is 4.35. The van der Waals surface area contributed by atoms with Crippen molar-refractivity contribution in [1.82, 2.24) is 20.6 Å². The monoisotopic (exact) mass is 279 g/mol. The Morgan fingerprint density at radius 3 is 2.74 bits per heavy atom. The molecule has 2 N–H and O–H groups in total. The van der Waals surface area contributed by atoms with Crippen molar-refractivity contribution >= 4 is 23.6 Å². The number of anilines is 1. The van der Waals surface area contributed by atoms with Crippen LogP contribution in [0.4, 0.5) is 5.95 Å². The van der Waals surface area contributed by atoms with E-state index in [1.54, 1.807) is 7.11 Å². The van der Waals surface area contributed by atoms with Crippen LogP contribution in [0.25, 0.3) is 0 Å². The Labute approximate surface area is 114 Å². The Morgan fingerprint density at radius 1 is 1.42 bits per heavy atom. The van der Waals surface area contributed by atoms with E-state index in [1.807, 2.05) is 31.2 Å². The highest BCUT2D eigenvalue weighted by Crippen LogP contribution is 2.25. The Hall–Kier alpha value is -2.09. The molecule has 1 amide bonds. The van der Waals surface area contributed by atoms with Crippen molar-refractivity contribution < 1.29 is 9.53 Å². The van der Waals surface area contributed by atoms with Gasteiger partial charge in [0.05, 0.1) is 12.4 Å². The Balaban J connectivity index is 1.92. The van der Waals surface area contributed by atoms with E-state index in [0.717, 1.165) is 10.6 Å². The molecule has 0 bridgehead atoms. The van der Waals surface area contributed by atoms with Crippen molar-refractivity contribution in [1.29, 1.82) is 0 Å². The zero-order chi connectivity index (χ0) is 13.7. The zero-order valence-electron chi connectivity index (χ0n) is 10.5. The lowest BCUT2D eigenvalue weighted by atomic mass is 10.3. The van der Waals surface area contributed by atoms with Crippen LogP contribution in [-0.2, 0) is 4.79 Å². The molecule has 1 aromatic heterocycles. The minimum absolute atomic E-state index is 0.173. The maximum atomic E-state index is 11.9. The molecule has 2 aromatic rings. The minimum Gasteiger partial charge on any atom is -0.497 e. The predicted octanol–water partition coefficient (Wildman–Crippen LogP) is 1.33. The molecule has 7 nitrogen and oxygen atoms in total. The summed E-state index contributed by atoms with van der Waals surface area (Å²) >= 11 is 1.44. The molecule has 0 spiro atoms. The van der Waals surface area contributed by atoms with Gasteiger partial charge in [-0.3, -0.25) is 10.1 Å². The maximum absolute atomic E-state index is 11.9. The Bertz CT molecular complexity index is 529. The molecule has 0 radical (unpaired) electrons. The molecule has 0 aliphatic carbocycles. The van der Waals surface area contributed by atoms with Gasteiger partial charge in [0.15, 0.2) is 0 Å². The molecule has 8 heteroatoms. The molecule has 1 heterocycles. The molecule has 1 unspecified atom stereocenters. The van der Waals surface area contributed by atoms with Crippen LogP contribution in [0.2, 0.25) is 0 Å². The van der Waals surface area contributed by atoms with Gasteiger partial charge >= 0.3 is 0 Å². The third-order valence-corrected chi connectivity index (χ3v) is 3.43. The average molecular weight is 279 g/mol. The summed E-state index contributed by atoms with van der Waals surface area (Å²) in [6.07, 6.45) is 0. The molecule has 0 aliphatic rings. The number of H-pyrrole nitrogens is 1. The molecule has 0 saturated heterocycles. The van der Waals surface area contributed by atoms with E-state index < -0.39 is 0 Å². The summed E-state index contributed by atoms with van der Waals surface area (Å²) in [6.45, 7) is 1.81. The fourth-order valence-electron chi connectivity index (χ4n) is 1.34. The topological polar surface area (TPSA) is 92.8 Å². The third kappa shape index (κ3) is 3.68. The van der Waals surface area contributed by atoms with Crippen molar-refractivity contribution in [2.24, 2.45) is 0 Å². The number of carbonyl (C=O) groups is 1. The summed E-state index contributed by atoms with van der Waals surface area (Å²) in [5.74, 6) is 0.780. The number of methoxy groups -OCH3 is 1. The van der Waals surface area contributed by atoms with Gasteiger partial charge in [0.25, 0.3) is 5.95 Å². The lowest BCUT2D eigenvalue weighted by molar-refractivity contribution is -0.115. The SMILES string of the molecule is COc1ccc(SC(C)C(=O)Nc2nn[nH]n2)cc1. The van der Waals surface area contributed by atoms with Gasteiger partial charge in [-0.1, -0.05) is 5.10 Å². The van der Waals surface area contributed by atoms with E-state index in [1.165, 1.54) is 11.8 Å². The number of tetrazole rings is 1. The largest absolute Gasteiger partial charge is 0.497 e. The summed E-state index contributed by atoms with van der Waals surface area (Å²) in [5, 5.41) is 15.3. The number of carbonyl (C=O) groups excluding carboxylic acids is 1. The van der Waals surface area contributed by atoms with E-state index in [4.69, 9.17) is 4.74 Å². The van der Waals surface area contributed by atoms with Crippen LogP contribution in [0.3, 0.4) is 0 Å². The number of aromatic nitrogens is 4. The van der Waals surface area contributed by atoms with Gasteiger partial charge in [-0.2, -0.15) is 5.21 Å². The fraction of sp³-hybridized carbons (Fsp3) is 0.273. The first kappa shape index (κ1) is 13.3. The molecule has 0 aliphatic heterocycles. The lowest BCUT2D eigenvalue weighted by Crippen LogP contribution is -2.23. The van der Waals surface area contributed by atoms with E-state index in [2.05, 4.69) is 25.9 Å². The van der Waals surface area contributed by atoms with Crippen LogP contribution in [-0.4, -0.2) is 38.9 Å². The number of hydrogen-bond acceptors (Lipinski definition) is 6. The molecule has 0 saturated carbocycles. The van der Waals surface area contributed by atoms with Crippen molar-refractivity contribution in [3.05, 3.63) is 24.3 Å². The Morgan fingerprint density at radius 2 is 2.16 bits per heavy atom. The van der Waals surface area contributed by atoms with Crippen molar-refractivity contribution in [3.63, 3.8) is 0 Å². The van der Waals surface area contributed by atoms with Gasteiger partial charge in [0.1, 0.15) is 5.75 Å². The van der Waals surface area contributed by atoms with Gasteiger partial charge in [-0.05, 0) is 36.4 Å². The minimum atomic E-state index is -0.271. The number of aromatic amines is 1. The highest BCUT2D eigenvalue weighted by molar-refractivity contribution is 8.00. The number of nitrogens with one attached hydrogen (secondary N) is 2. The van der Waals surface area contributed by atoms with Crippen LogP contribution >= 0.6 is 11.8 Å². The second-order valence-corrected chi connectivity index (χ2v) is 5.07. The first-order valence-electron chi connectivity index (χ1n) is 5.54. The third-order valence-electron chi connectivity index (χ3n) is 2.32. The van der Waals surface area contributed by atoms with Gasteiger partial charge in [0.2, 0.25) is 5.91 Å². The van der Waals surface area contributed by atoms with E-state index in [0.29, 0.717) is 0 Å². The maximum Gasteiger partial charge on any atom is 0.269 e. The smallest absolute Gasteiger partial charge is 0.269 e. The van der Waals surface area contributed by atoms with Crippen molar-refractivity contribution in [3.8, 4) is 5.75 Å². The van der Waals surface area contributed by atoms with E-state index in [9.17, 15) is 4.79 Å². The highest BCUT2D eigenvalue weighted by Gasteiger charge is 2.16. The number of rotatable bonds is 5. The van der Waals surface area contributed by atoms with Crippen LogP contribution in [0.15, 0.2) is 29.2 Å². The van der Waals surface area contributed by atoms with Crippen molar-refractivity contribution in [2.75, 3.05) is 12.4 Å². The summed E-state index contributed by atoms with van der Waals surface area (Å²) in [7, 11) is 1.61. The normalized spacial score (nSPS) is 11.9. The number of ether oxygens (including phenoxy) is 1. The number of hydrogen-bond donors (Lipinski definition) is 2. The number of nitrogens with zero attached hydrogens (tertiary/aromatic N) is 3. The van der Waals surface area contributed by atoms with Crippen LogP contribution in [0.5, 0.6) is 5.75 Å². The van der Waals surface area contributed by atoms with E-state index in [-0.39, 0.29) is 17.1 Å². The highest BCUT2D eigenvalue weighted by atomic mass is 32.2. The second kappa shape index (κ2) is 6.19. The van der Waals surface area contributed by atoms with Crippen LogP contribution in [0.1, 0.15) is 6.92 Å². The summed E-state index contributed by atoms with van der Waals surface area (Å²) < 4.78 is 5.08. The van der Waals surface area contributed by atoms with Gasteiger partial charge < -0.3 is 4.74 Å². The molecule has 19 heavy (non-hydrogen) atoms. The first-order chi connectivity index (χ1) is 9.19. The van der Waals surface area contributed by atoms with Crippen LogP contribution in [0, 0.1) is 0 Å². The van der Waals surface area contributed by atoms with Gasteiger partial charge in [-0.15, -0.1) is 16.9 Å². The van der Waals surface area contributed by atoms with Gasteiger partial charge in [0, 0.05) is 4.90 Å². The van der Waals surface area contributed by atoms with E-state index >= 15 is 0 Å².